The summed E-state index contributed by atoms with van der Waals surface area (Å²) in [6, 6.07) is 21.8. The Morgan fingerprint density at radius 1 is 0.714 bits per heavy atom. The Morgan fingerprint density at radius 3 is 1.61 bits per heavy atom. The van der Waals surface area contributed by atoms with Crippen molar-refractivity contribution in [3.05, 3.63) is 89.5 Å². The van der Waals surface area contributed by atoms with Crippen molar-refractivity contribution >= 4 is 17.6 Å². The van der Waals surface area contributed by atoms with Crippen molar-refractivity contribution in [3.63, 3.8) is 0 Å². The standard InChI is InChI=1S/C24H23NO3/c1-24(2,3)20-12-14-21(15-13-20)25-22(26)18-8-4-16(5-9-18)17-6-10-19(11-7-17)23(27)28/h4-15H,1-3H3,(H,25,26)(H,27,28). The highest BCUT2D eigenvalue weighted by atomic mass is 16.4. The number of nitrogens with one attached hydrogen (secondary N) is 1. The van der Waals surface area contributed by atoms with E-state index in [2.05, 4.69) is 26.1 Å². The van der Waals surface area contributed by atoms with Crippen LogP contribution in [0.3, 0.4) is 0 Å². The fraction of sp³-hybridized carbons (Fsp3) is 0.167. The molecule has 2 N–H and O–H groups in total. The van der Waals surface area contributed by atoms with Crippen LogP contribution in [0.5, 0.6) is 0 Å². The molecule has 3 aromatic carbocycles. The lowest BCUT2D eigenvalue weighted by molar-refractivity contribution is 0.0696. The number of carboxylic acids is 1. The molecule has 4 nitrogen and oxygen atoms in total. The molecular formula is C24H23NO3. The molecule has 0 saturated carbocycles. The van der Waals surface area contributed by atoms with Crippen LogP contribution in [0.25, 0.3) is 11.1 Å². The van der Waals surface area contributed by atoms with Gasteiger partial charge in [0.25, 0.3) is 5.91 Å². The van der Waals surface area contributed by atoms with E-state index in [0.29, 0.717) is 5.56 Å². The number of benzene rings is 3. The van der Waals surface area contributed by atoms with Crippen molar-refractivity contribution in [1.29, 1.82) is 0 Å². The van der Waals surface area contributed by atoms with Crippen LogP contribution in [0.4, 0.5) is 5.69 Å². The average molecular weight is 373 g/mol. The Labute approximate surface area is 164 Å². The second-order valence-electron chi connectivity index (χ2n) is 7.74. The van der Waals surface area contributed by atoms with Gasteiger partial charge in [0.15, 0.2) is 0 Å². The third-order valence-corrected chi connectivity index (χ3v) is 4.62. The van der Waals surface area contributed by atoms with Crippen LogP contribution in [-0.2, 0) is 5.41 Å². The number of aromatic carboxylic acids is 1. The minimum Gasteiger partial charge on any atom is -0.478 e. The Morgan fingerprint density at radius 2 is 1.18 bits per heavy atom. The van der Waals surface area contributed by atoms with Crippen LogP contribution in [-0.4, -0.2) is 17.0 Å². The molecule has 0 heterocycles. The molecule has 1 amide bonds. The van der Waals surface area contributed by atoms with Crippen molar-refractivity contribution < 1.29 is 14.7 Å². The lowest BCUT2D eigenvalue weighted by Crippen LogP contribution is -2.13. The molecule has 0 aliphatic rings. The van der Waals surface area contributed by atoms with E-state index in [0.717, 1.165) is 16.8 Å². The Bertz CT molecular complexity index is 980. The fourth-order valence-electron chi connectivity index (χ4n) is 2.88. The molecule has 0 atom stereocenters. The van der Waals surface area contributed by atoms with Crippen molar-refractivity contribution in [1.82, 2.24) is 0 Å². The van der Waals surface area contributed by atoms with Crippen LogP contribution in [0.15, 0.2) is 72.8 Å². The lowest BCUT2D eigenvalue weighted by Gasteiger charge is -2.19. The first-order valence-electron chi connectivity index (χ1n) is 9.10. The molecule has 0 radical (unpaired) electrons. The summed E-state index contributed by atoms with van der Waals surface area (Å²) >= 11 is 0. The quantitative estimate of drug-likeness (QED) is 0.625. The zero-order chi connectivity index (χ0) is 20.3. The molecule has 0 bridgehead atoms. The number of hydrogen-bond acceptors (Lipinski definition) is 2. The van der Waals surface area contributed by atoms with Gasteiger partial charge in [0.05, 0.1) is 5.56 Å². The van der Waals surface area contributed by atoms with Crippen molar-refractivity contribution in [2.24, 2.45) is 0 Å². The zero-order valence-electron chi connectivity index (χ0n) is 16.2. The van der Waals surface area contributed by atoms with E-state index >= 15 is 0 Å². The number of carboxylic acid groups (broad SMARTS) is 1. The zero-order valence-corrected chi connectivity index (χ0v) is 16.2. The highest BCUT2D eigenvalue weighted by Gasteiger charge is 2.13. The molecular weight excluding hydrogens is 350 g/mol. The molecule has 4 heteroatoms. The topological polar surface area (TPSA) is 66.4 Å². The van der Waals surface area contributed by atoms with Gasteiger partial charge in [0.1, 0.15) is 0 Å². The summed E-state index contributed by atoms with van der Waals surface area (Å²) in [7, 11) is 0. The molecule has 3 aromatic rings. The molecule has 0 aliphatic carbocycles. The predicted octanol–water partition coefficient (Wildman–Crippen LogP) is 5.60. The molecule has 0 unspecified atom stereocenters. The first-order valence-corrected chi connectivity index (χ1v) is 9.10. The van der Waals surface area contributed by atoms with Gasteiger partial charge in [0, 0.05) is 11.3 Å². The maximum absolute atomic E-state index is 12.5. The summed E-state index contributed by atoms with van der Waals surface area (Å²) in [4.78, 5) is 23.4. The van der Waals surface area contributed by atoms with Gasteiger partial charge in [-0.25, -0.2) is 4.79 Å². The summed E-state index contributed by atoms with van der Waals surface area (Å²) in [6.07, 6.45) is 0. The van der Waals surface area contributed by atoms with Crippen LogP contribution in [0.1, 0.15) is 47.1 Å². The van der Waals surface area contributed by atoms with E-state index in [9.17, 15) is 9.59 Å². The molecule has 0 aromatic heterocycles. The number of hydrogen-bond donors (Lipinski definition) is 2. The molecule has 0 spiro atoms. The summed E-state index contributed by atoms with van der Waals surface area (Å²) in [5.41, 5.74) is 4.66. The average Bonchev–Trinajstić information content (AvgIpc) is 2.68. The molecule has 142 valence electrons. The van der Waals surface area contributed by atoms with Crippen molar-refractivity contribution in [2.45, 2.75) is 26.2 Å². The number of carbonyl (C=O) groups is 2. The predicted molar refractivity (Wildman–Crippen MR) is 112 cm³/mol. The normalized spacial score (nSPS) is 11.1. The van der Waals surface area contributed by atoms with E-state index in [1.807, 2.05) is 36.4 Å². The monoisotopic (exact) mass is 373 g/mol. The number of carbonyl (C=O) groups excluding carboxylic acids is 1. The molecule has 3 rings (SSSR count). The molecule has 0 saturated heterocycles. The van der Waals surface area contributed by atoms with Crippen molar-refractivity contribution in [3.8, 4) is 11.1 Å². The SMILES string of the molecule is CC(C)(C)c1ccc(NC(=O)c2ccc(-c3ccc(C(=O)O)cc3)cc2)cc1. The van der Waals surface area contributed by atoms with Gasteiger partial charge in [-0.05, 0) is 58.5 Å². The smallest absolute Gasteiger partial charge is 0.335 e. The number of anilines is 1. The summed E-state index contributed by atoms with van der Waals surface area (Å²) in [5.74, 6) is -1.12. The maximum Gasteiger partial charge on any atom is 0.335 e. The van der Waals surface area contributed by atoms with Crippen LogP contribution < -0.4 is 5.32 Å². The highest BCUT2D eigenvalue weighted by molar-refractivity contribution is 6.04. The van der Waals surface area contributed by atoms with E-state index in [1.54, 1.807) is 36.4 Å². The maximum atomic E-state index is 12.5. The molecule has 0 aliphatic heterocycles. The largest absolute Gasteiger partial charge is 0.478 e. The summed E-state index contributed by atoms with van der Waals surface area (Å²) in [5, 5.41) is 11.9. The van der Waals surface area contributed by atoms with Crippen LogP contribution in [0, 0.1) is 0 Å². The van der Waals surface area contributed by atoms with Gasteiger partial charge in [-0.2, -0.15) is 0 Å². The molecule has 0 fully saturated rings. The Hall–Kier alpha value is -3.40. The van der Waals surface area contributed by atoms with E-state index in [1.165, 1.54) is 5.56 Å². The van der Waals surface area contributed by atoms with Crippen LogP contribution >= 0.6 is 0 Å². The Kier molecular flexibility index (Phi) is 5.32. The van der Waals surface area contributed by atoms with Gasteiger partial charge in [-0.15, -0.1) is 0 Å². The number of rotatable bonds is 4. The summed E-state index contributed by atoms with van der Waals surface area (Å²) < 4.78 is 0. The van der Waals surface area contributed by atoms with E-state index in [4.69, 9.17) is 5.11 Å². The van der Waals surface area contributed by atoms with E-state index in [-0.39, 0.29) is 16.9 Å². The van der Waals surface area contributed by atoms with Crippen LogP contribution in [0.2, 0.25) is 0 Å². The highest BCUT2D eigenvalue weighted by Crippen LogP contribution is 2.24. The first-order chi connectivity index (χ1) is 13.2. The summed E-state index contributed by atoms with van der Waals surface area (Å²) in [6.45, 7) is 6.45. The first kappa shape index (κ1) is 19.4. The third-order valence-electron chi connectivity index (χ3n) is 4.62. The minimum atomic E-state index is -0.950. The fourth-order valence-corrected chi connectivity index (χ4v) is 2.88. The second kappa shape index (κ2) is 7.69. The lowest BCUT2D eigenvalue weighted by atomic mass is 9.87. The van der Waals surface area contributed by atoms with Gasteiger partial charge < -0.3 is 10.4 Å². The number of amides is 1. The second-order valence-corrected chi connectivity index (χ2v) is 7.74. The van der Waals surface area contributed by atoms with E-state index < -0.39 is 5.97 Å². The van der Waals surface area contributed by atoms with Gasteiger partial charge in [0.2, 0.25) is 0 Å². The van der Waals surface area contributed by atoms with Gasteiger partial charge >= 0.3 is 5.97 Å². The van der Waals surface area contributed by atoms with Crippen molar-refractivity contribution in [2.75, 3.05) is 5.32 Å². The van der Waals surface area contributed by atoms with Gasteiger partial charge in [-0.3, -0.25) is 4.79 Å². The van der Waals surface area contributed by atoms with Gasteiger partial charge in [-0.1, -0.05) is 57.2 Å². The Balaban J connectivity index is 1.70. The minimum absolute atomic E-state index is 0.0705. The molecule has 28 heavy (non-hydrogen) atoms. The third kappa shape index (κ3) is 4.46.